The van der Waals surface area contributed by atoms with E-state index in [2.05, 4.69) is 26.2 Å². The van der Waals surface area contributed by atoms with Crippen molar-refractivity contribution in [3.8, 4) is 5.75 Å². The van der Waals surface area contributed by atoms with Gasteiger partial charge < -0.3 is 10.1 Å². The Morgan fingerprint density at radius 2 is 2.20 bits per heavy atom. The van der Waals surface area contributed by atoms with Gasteiger partial charge >= 0.3 is 0 Å². The number of hydrogen-bond donors (Lipinski definition) is 1. The summed E-state index contributed by atoms with van der Waals surface area (Å²) in [6.07, 6.45) is 1.14. The predicted molar refractivity (Wildman–Crippen MR) is 79.9 cm³/mol. The molecule has 1 N–H and O–H groups in total. The normalized spacial score (nSPS) is 10.2. The summed E-state index contributed by atoms with van der Waals surface area (Å²) in [5.41, 5.74) is 0.544. The molecule has 20 heavy (non-hydrogen) atoms. The number of halogens is 2. The molecule has 0 aliphatic carbocycles. The zero-order valence-corrected chi connectivity index (χ0v) is 12.6. The number of methoxy groups -OCH3 is 1. The van der Waals surface area contributed by atoms with Gasteiger partial charge in [-0.2, -0.15) is 0 Å². The summed E-state index contributed by atoms with van der Waals surface area (Å²) in [4.78, 5) is 14.0. The van der Waals surface area contributed by atoms with Crippen LogP contribution in [0.15, 0.2) is 34.9 Å². The molecule has 1 aromatic carbocycles. The van der Waals surface area contributed by atoms with Gasteiger partial charge in [-0.25, -0.2) is 4.98 Å². The highest BCUT2D eigenvalue weighted by molar-refractivity contribution is 9.10. The van der Waals surface area contributed by atoms with E-state index in [9.17, 15) is 10.1 Å². The number of nitrogens with one attached hydrogen (secondary N) is 1. The van der Waals surface area contributed by atoms with E-state index in [1.807, 2.05) is 0 Å². The Labute approximate surface area is 128 Å². The molecule has 104 valence electrons. The first-order valence-electron chi connectivity index (χ1n) is 5.41. The number of rotatable bonds is 4. The van der Waals surface area contributed by atoms with E-state index in [0.29, 0.717) is 17.3 Å². The number of hydrogen-bond acceptors (Lipinski definition) is 5. The zero-order chi connectivity index (χ0) is 14.7. The smallest absolute Gasteiger partial charge is 0.289 e. The second-order valence-corrected chi connectivity index (χ2v) is 5.02. The molecule has 0 saturated carbocycles. The number of aromatic nitrogens is 1. The van der Waals surface area contributed by atoms with Crippen LogP contribution in [-0.2, 0) is 0 Å². The molecule has 2 rings (SSSR count). The summed E-state index contributed by atoms with van der Waals surface area (Å²) in [6.45, 7) is 0. The van der Waals surface area contributed by atoms with Crippen molar-refractivity contribution in [2.24, 2.45) is 0 Å². The molecule has 0 aliphatic rings. The summed E-state index contributed by atoms with van der Waals surface area (Å²) in [6, 6.07) is 6.60. The van der Waals surface area contributed by atoms with Gasteiger partial charge in [-0.3, -0.25) is 10.1 Å². The first-order chi connectivity index (χ1) is 9.51. The van der Waals surface area contributed by atoms with Gasteiger partial charge in [0.25, 0.3) is 5.69 Å². The Kier molecular flexibility index (Phi) is 4.41. The molecule has 2 aromatic rings. The lowest BCUT2D eigenvalue weighted by Gasteiger charge is -2.09. The quantitative estimate of drug-likeness (QED) is 0.656. The predicted octanol–water partition coefficient (Wildman–Crippen LogP) is 4.16. The number of pyridine rings is 1. The Balaban J connectivity index is 2.28. The summed E-state index contributed by atoms with van der Waals surface area (Å²) in [5, 5.41) is 13.7. The number of nitro groups is 1. The molecule has 0 amide bonds. The van der Waals surface area contributed by atoms with Crippen LogP contribution in [0.1, 0.15) is 0 Å². The molecule has 0 fully saturated rings. The van der Waals surface area contributed by atoms with Crippen molar-refractivity contribution in [3.05, 3.63) is 50.1 Å². The molecule has 0 bridgehead atoms. The fourth-order valence-corrected chi connectivity index (χ4v) is 2.11. The van der Waals surface area contributed by atoms with Gasteiger partial charge in [0.15, 0.2) is 0 Å². The van der Waals surface area contributed by atoms with Crippen LogP contribution < -0.4 is 10.1 Å². The minimum absolute atomic E-state index is 0.158. The largest absolute Gasteiger partial charge is 0.495 e. The molecule has 6 nitrogen and oxygen atoms in total. The topological polar surface area (TPSA) is 77.3 Å². The Hall–Kier alpha value is -1.86. The molecule has 0 atom stereocenters. The van der Waals surface area contributed by atoms with Gasteiger partial charge in [0.05, 0.1) is 21.5 Å². The molecule has 0 unspecified atom stereocenters. The summed E-state index contributed by atoms with van der Waals surface area (Å²) in [5.74, 6) is 0.981. The van der Waals surface area contributed by atoms with Gasteiger partial charge in [0.2, 0.25) is 0 Å². The average Bonchev–Trinajstić information content (AvgIpc) is 2.42. The maximum absolute atomic E-state index is 10.6. The van der Waals surface area contributed by atoms with E-state index in [-0.39, 0.29) is 10.7 Å². The van der Waals surface area contributed by atoms with E-state index in [1.54, 1.807) is 25.3 Å². The maximum Gasteiger partial charge on any atom is 0.289 e. The van der Waals surface area contributed by atoms with Crippen LogP contribution in [0.3, 0.4) is 0 Å². The summed E-state index contributed by atoms with van der Waals surface area (Å²) < 4.78 is 5.99. The lowest BCUT2D eigenvalue weighted by atomic mass is 10.3. The third-order valence-electron chi connectivity index (χ3n) is 2.45. The highest BCUT2D eigenvalue weighted by Gasteiger charge is 2.11. The van der Waals surface area contributed by atoms with Crippen molar-refractivity contribution < 1.29 is 9.66 Å². The molecule has 0 spiro atoms. The molecular weight excluding hydrogens is 350 g/mol. The third kappa shape index (κ3) is 3.17. The number of benzene rings is 1. The van der Waals surface area contributed by atoms with E-state index in [4.69, 9.17) is 16.3 Å². The molecule has 0 aliphatic heterocycles. The molecule has 1 heterocycles. The van der Waals surface area contributed by atoms with Gasteiger partial charge in [-0.15, -0.1) is 0 Å². The van der Waals surface area contributed by atoms with Gasteiger partial charge in [-0.1, -0.05) is 11.6 Å². The van der Waals surface area contributed by atoms with Gasteiger partial charge in [0.1, 0.15) is 17.8 Å². The van der Waals surface area contributed by atoms with Crippen LogP contribution in [0, 0.1) is 10.1 Å². The van der Waals surface area contributed by atoms with E-state index < -0.39 is 4.92 Å². The lowest BCUT2D eigenvalue weighted by molar-refractivity contribution is -0.385. The summed E-state index contributed by atoms with van der Waals surface area (Å²) in [7, 11) is 1.56. The second kappa shape index (κ2) is 6.06. The van der Waals surface area contributed by atoms with Crippen molar-refractivity contribution in [1.29, 1.82) is 0 Å². The van der Waals surface area contributed by atoms with E-state index in [1.165, 1.54) is 6.07 Å². The van der Waals surface area contributed by atoms with Gasteiger partial charge in [0, 0.05) is 17.8 Å². The van der Waals surface area contributed by atoms with Crippen molar-refractivity contribution >= 4 is 44.7 Å². The van der Waals surface area contributed by atoms with Crippen LogP contribution in [-0.4, -0.2) is 17.0 Å². The monoisotopic (exact) mass is 357 g/mol. The number of anilines is 2. The number of nitrogens with zero attached hydrogens (tertiary/aromatic N) is 2. The second-order valence-electron chi connectivity index (χ2n) is 3.76. The Bertz CT molecular complexity index is 666. The van der Waals surface area contributed by atoms with Crippen molar-refractivity contribution in [2.45, 2.75) is 0 Å². The van der Waals surface area contributed by atoms with Crippen molar-refractivity contribution in [3.63, 3.8) is 0 Å². The minimum Gasteiger partial charge on any atom is -0.495 e. The molecule has 0 radical (unpaired) electrons. The highest BCUT2D eigenvalue weighted by Crippen LogP contribution is 2.31. The molecular formula is C12H9BrClN3O3. The molecule has 0 saturated heterocycles. The Morgan fingerprint density at radius 3 is 2.80 bits per heavy atom. The minimum atomic E-state index is -0.550. The van der Waals surface area contributed by atoms with Crippen LogP contribution in [0.2, 0.25) is 5.02 Å². The average molecular weight is 359 g/mol. The lowest BCUT2D eigenvalue weighted by Crippen LogP contribution is -1.97. The summed E-state index contributed by atoms with van der Waals surface area (Å²) >= 11 is 9.30. The number of ether oxygens (including phenoxy) is 1. The van der Waals surface area contributed by atoms with Crippen LogP contribution >= 0.6 is 27.5 Å². The standard InChI is InChI=1S/C12H9BrClN3O3/c1-20-11-4-7(2-3-9(11)13)16-12-10(14)5-8(6-15-12)17(18)19/h2-6H,1H3,(H,15,16). The van der Waals surface area contributed by atoms with Crippen LogP contribution in [0.4, 0.5) is 17.2 Å². The van der Waals surface area contributed by atoms with Crippen molar-refractivity contribution in [2.75, 3.05) is 12.4 Å². The highest BCUT2D eigenvalue weighted by atomic mass is 79.9. The SMILES string of the molecule is COc1cc(Nc2ncc([N+](=O)[O-])cc2Cl)ccc1Br. The molecule has 8 heteroatoms. The fourth-order valence-electron chi connectivity index (χ4n) is 1.49. The third-order valence-corrected chi connectivity index (χ3v) is 3.39. The molecule has 1 aromatic heterocycles. The van der Waals surface area contributed by atoms with Crippen molar-refractivity contribution in [1.82, 2.24) is 4.98 Å². The first kappa shape index (κ1) is 14.5. The Morgan fingerprint density at radius 1 is 1.45 bits per heavy atom. The van der Waals surface area contributed by atoms with E-state index in [0.717, 1.165) is 10.7 Å². The maximum atomic E-state index is 10.6. The zero-order valence-electron chi connectivity index (χ0n) is 10.3. The fraction of sp³-hybridized carbons (Fsp3) is 0.0833. The first-order valence-corrected chi connectivity index (χ1v) is 6.59. The van der Waals surface area contributed by atoms with E-state index >= 15 is 0 Å². The van der Waals surface area contributed by atoms with Crippen LogP contribution in [0.25, 0.3) is 0 Å². The van der Waals surface area contributed by atoms with Crippen LogP contribution in [0.5, 0.6) is 5.75 Å². The van der Waals surface area contributed by atoms with Gasteiger partial charge in [-0.05, 0) is 28.1 Å².